The minimum absolute atomic E-state index is 0.0172. The zero-order chi connectivity index (χ0) is 17.0. The van der Waals surface area contributed by atoms with Gasteiger partial charge >= 0.3 is 5.82 Å². The highest BCUT2D eigenvalue weighted by Gasteiger charge is 2.25. The predicted octanol–water partition coefficient (Wildman–Crippen LogP) is 2.24. The second kappa shape index (κ2) is 7.22. The largest absolute Gasteiger partial charge is 0.358 e. The maximum Gasteiger partial charge on any atom is 0.347 e. The number of hydrogen-bond donors (Lipinski definition) is 1. The highest BCUT2D eigenvalue weighted by Crippen LogP contribution is 2.27. The van der Waals surface area contributed by atoms with Crippen LogP contribution in [0, 0.1) is 16.0 Å². The Labute approximate surface area is 136 Å². The Morgan fingerprint density at radius 1 is 1.52 bits per heavy atom. The lowest BCUT2D eigenvalue weighted by molar-refractivity contribution is -0.393. The van der Waals surface area contributed by atoms with Crippen molar-refractivity contribution in [2.75, 3.05) is 13.2 Å². The Morgan fingerprint density at radius 3 is 2.78 bits per heavy atom. The van der Waals surface area contributed by atoms with Crippen LogP contribution in [0.25, 0.3) is 0 Å². The van der Waals surface area contributed by atoms with Gasteiger partial charge in [0.25, 0.3) is 5.91 Å². The van der Waals surface area contributed by atoms with E-state index in [1.54, 1.807) is 0 Å². The van der Waals surface area contributed by atoms with E-state index in [-0.39, 0.29) is 24.1 Å². The summed E-state index contributed by atoms with van der Waals surface area (Å²) in [5.74, 6) is -0.0589. The minimum Gasteiger partial charge on any atom is -0.358 e. The average Bonchev–Trinajstić information content (AvgIpc) is 3.17. The van der Waals surface area contributed by atoms with Crippen molar-refractivity contribution in [1.29, 1.82) is 0 Å². The van der Waals surface area contributed by atoms with Gasteiger partial charge in [0.1, 0.15) is 0 Å². The number of hydrogen-bond acceptors (Lipinski definition) is 5. The molecule has 23 heavy (non-hydrogen) atoms. The lowest BCUT2D eigenvalue weighted by Gasteiger charge is -2.14. The summed E-state index contributed by atoms with van der Waals surface area (Å²) in [6, 6.07) is 2.17. The fourth-order valence-corrected chi connectivity index (χ4v) is 2.70. The van der Waals surface area contributed by atoms with Crippen molar-refractivity contribution in [3.63, 3.8) is 0 Å². The quantitative estimate of drug-likeness (QED) is 0.322. The van der Waals surface area contributed by atoms with E-state index in [4.69, 9.17) is 4.74 Å². The van der Waals surface area contributed by atoms with Gasteiger partial charge in [-0.1, -0.05) is 24.7 Å². The first-order valence-electron chi connectivity index (χ1n) is 7.84. The van der Waals surface area contributed by atoms with Gasteiger partial charge in [-0.3, -0.25) is 4.79 Å². The molecule has 0 spiro atoms. The average molecular weight is 340 g/mol. The topological polar surface area (TPSA) is 99.3 Å². The summed E-state index contributed by atoms with van der Waals surface area (Å²) in [4.78, 5) is 22.5. The molecule has 9 heteroatoms. The molecule has 0 aromatic carbocycles. The molecule has 128 valence electrons. The van der Waals surface area contributed by atoms with Crippen molar-refractivity contribution < 1.29 is 14.5 Å². The molecular weight excluding hydrogens is 316 g/mol. The van der Waals surface area contributed by atoms with Crippen LogP contribution in [0.2, 0.25) is 25.7 Å². The molecule has 0 bridgehead atoms. The van der Waals surface area contributed by atoms with Crippen molar-refractivity contribution in [3.8, 4) is 0 Å². The second-order valence-electron chi connectivity index (χ2n) is 7.15. The van der Waals surface area contributed by atoms with Gasteiger partial charge in [0, 0.05) is 21.2 Å². The van der Waals surface area contributed by atoms with E-state index in [1.165, 1.54) is 6.07 Å². The Kier molecular flexibility index (Phi) is 5.53. The summed E-state index contributed by atoms with van der Waals surface area (Å²) < 4.78 is 6.62. The van der Waals surface area contributed by atoms with E-state index in [0.717, 1.165) is 23.6 Å². The van der Waals surface area contributed by atoms with Crippen molar-refractivity contribution in [3.05, 3.63) is 21.9 Å². The van der Waals surface area contributed by atoms with Gasteiger partial charge in [-0.15, -0.1) is 4.68 Å². The van der Waals surface area contributed by atoms with Gasteiger partial charge in [-0.05, 0) is 29.7 Å². The Balaban J connectivity index is 1.94. The molecule has 1 heterocycles. The lowest BCUT2D eigenvalue weighted by atomic mass is 10.3. The molecule has 8 nitrogen and oxygen atoms in total. The van der Waals surface area contributed by atoms with Crippen LogP contribution >= 0.6 is 0 Å². The SMILES string of the molecule is C[Si](C)(C)CCOCn1nc(C(=O)NCC2CC2)cc1[N+](=O)[O-]. The molecule has 1 fully saturated rings. The molecule has 2 rings (SSSR count). The molecule has 0 aliphatic heterocycles. The van der Waals surface area contributed by atoms with E-state index < -0.39 is 13.0 Å². The zero-order valence-corrected chi connectivity index (χ0v) is 14.9. The Hall–Kier alpha value is -1.74. The molecule has 0 saturated heterocycles. The monoisotopic (exact) mass is 340 g/mol. The van der Waals surface area contributed by atoms with Crippen LogP contribution in [0.15, 0.2) is 6.07 Å². The van der Waals surface area contributed by atoms with Crippen molar-refractivity contribution in [1.82, 2.24) is 15.1 Å². The van der Waals surface area contributed by atoms with Crippen molar-refractivity contribution >= 4 is 19.8 Å². The van der Waals surface area contributed by atoms with Gasteiger partial charge < -0.3 is 20.2 Å². The van der Waals surface area contributed by atoms with Crippen LogP contribution in [-0.2, 0) is 11.5 Å². The smallest absolute Gasteiger partial charge is 0.347 e. The van der Waals surface area contributed by atoms with Crippen LogP contribution in [0.5, 0.6) is 0 Å². The standard InChI is InChI=1S/C14H24N4O4Si/c1-23(2,3)7-6-22-10-17-13(18(20)21)8-12(16-17)14(19)15-9-11-4-5-11/h8,11H,4-7,9-10H2,1-3H3,(H,15,19). The third-order valence-corrected chi connectivity index (χ3v) is 5.34. The highest BCUT2D eigenvalue weighted by atomic mass is 28.3. The van der Waals surface area contributed by atoms with Gasteiger partial charge in [-0.25, -0.2) is 0 Å². The summed E-state index contributed by atoms with van der Waals surface area (Å²) in [5.41, 5.74) is 0.0612. The summed E-state index contributed by atoms with van der Waals surface area (Å²) >= 11 is 0. The number of ether oxygens (including phenoxy) is 1. The molecule has 1 aliphatic rings. The fraction of sp³-hybridized carbons (Fsp3) is 0.714. The summed E-state index contributed by atoms with van der Waals surface area (Å²) in [5, 5.41) is 17.9. The van der Waals surface area contributed by atoms with E-state index in [1.807, 2.05) is 0 Å². The number of carbonyl (C=O) groups excluding carboxylic acids is 1. The minimum atomic E-state index is -1.21. The van der Waals surface area contributed by atoms with Crippen molar-refractivity contribution in [2.45, 2.75) is 45.3 Å². The molecule has 1 aliphatic carbocycles. The van der Waals surface area contributed by atoms with E-state index in [0.29, 0.717) is 19.1 Å². The predicted molar refractivity (Wildman–Crippen MR) is 88.0 cm³/mol. The number of aromatic nitrogens is 2. The van der Waals surface area contributed by atoms with E-state index >= 15 is 0 Å². The number of amides is 1. The van der Waals surface area contributed by atoms with Crippen LogP contribution in [0.1, 0.15) is 23.3 Å². The zero-order valence-electron chi connectivity index (χ0n) is 13.9. The third kappa shape index (κ3) is 5.75. The van der Waals surface area contributed by atoms with Gasteiger partial charge in [0.05, 0.1) is 6.07 Å². The first kappa shape index (κ1) is 17.6. The highest BCUT2D eigenvalue weighted by molar-refractivity contribution is 6.76. The number of rotatable bonds is 9. The van der Waals surface area contributed by atoms with E-state index in [9.17, 15) is 14.9 Å². The van der Waals surface area contributed by atoms with Crippen LogP contribution in [0.3, 0.4) is 0 Å². The Bertz CT molecular complexity index is 578. The molecule has 1 amide bonds. The van der Waals surface area contributed by atoms with Gasteiger partial charge in [0.2, 0.25) is 6.73 Å². The molecular formula is C14H24N4O4Si. The Morgan fingerprint density at radius 2 is 2.22 bits per heavy atom. The molecule has 1 N–H and O–H groups in total. The maximum atomic E-state index is 12.0. The van der Waals surface area contributed by atoms with Gasteiger partial charge in [0.15, 0.2) is 5.69 Å². The fourth-order valence-electron chi connectivity index (χ4n) is 1.94. The summed E-state index contributed by atoms with van der Waals surface area (Å²) in [6.45, 7) is 7.82. The molecule has 1 aromatic rings. The maximum absolute atomic E-state index is 12.0. The molecule has 1 aromatic heterocycles. The number of nitrogens with zero attached hydrogens (tertiary/aromatic N) is 3. The van der Waals surface area contributed by atoms with Crippen LogP contribution in [-0.4, -0.2) is 41.8 Å². The second-order valence-corrected chi connectivity index (χ2v) is 12.8. The first-order valence-corrected chi connectivity index (χ1v) is 11.5. The number of nitrogens with one attached hydrogen (secondary N) is 1. The summed E-state index contributed by atoms with van der Waals surface area (Å²) in [7, 11) is -1.21. The molecule has 1 saturated carbocycles. The van der Waals surface area contributed by atoms with Crippen LogP contribution in [0.4, 0.5) is 5.82 Å². The molecule has 0 unspecified atom stereocenters. The van der Waals surface area contributed by atoms with Crippen molar-refractivity contribution in [2.24, 2.45) is 5.92 Å². The van der Waals surface area contributed by atoms with Crippen LogP contribution < -0.4 is 5.32 Å². The number of nitro groups is 1. The number of carbonyl (C=O) groups is 1. The lowest BCUT2D eigenvalue weighted by Crippen LogP contribution is -2.26. The molecule has 0 radical (unpaired) electrons. The third-order valence-electron chi connectivity index (χ3n) is 3.64. The van der Waals surface area contributed by atoms with E-state index in [2.05, 4.69) is 30.1 Å². The first-order chi connectivity index (χ1) is 10.8. The summed E-state index contributed by atoms with van der Waals surface area (Å²) in [6.07, 6.45) is 2.25. The van der Waals surface area contributed by atoms with Gasteiger partial charge in [-0.2, -0.15) is 0 Å². The normalized spacial score (nSPS) is 14.7. The molecule has 0 atom stereocenters.